The van der Waals surface area contributed by atoms with Gasteiger partial charge in [0, 0.05) is 27.8 Å². The number of halogens is 2. The normalized spacial score (nSPS) is 34.5. The quantitative estimate of drug-likeness (QED) is 0.490. The van der Waals surface area contributed by atoms with Gasteiger partial charge in [-0.15, -0.1) is 11.8 Å². The Kier molecular flexibility index (Phi) is 6.33. The average Bonchev–Trinajstić information content (AvgIpc) is 3.34. The van der Waals surface area contributed by atoms with Crippen molar-refractivity contribution in [3.63, 3.8) is 0 Å². The van der Waals surface area contributed by atoms with E-state index in [1.165, 1.54) is 0 Å². The minimum atomic E-state index is -0.789. The highest BCUT2D eigenvalue weighted by molar-refractivity contribution is 9.09. The summed E-state index contributed by atoms with van der Waals surface area (Å²) in [4.78, 5) is 41.6. The molecule has 0 aliphatic carbocycles. The molecule has 3 unspecified atom stereocenters. The van der Waals surface area contributed by atoms with Crippen LogP contribution in [0, 0.1) is 11.8 Å². The molecule has 3 heterocycles. The topological polar surface area (TPSA) is 98.7 Å². The molecule has 7 nitrogen and oxygen atoms in total. The van der Waals surface area contributed by atoms with Gasteiger partial charge in [-0.05, 0) is 37.1 Å². The zero-order valence-corrected chi connectivity index (χ0v) is 20.3. The van der Waals surface area contributed by atoms with Crippen LogP contribution in [-0.4, -0.2) is 68.3 Å². The molecular formula is C21H25BrClN3O4S. The van der Waals surface area contributed by atoms with E-state index in [-0.39, 0.29) is 34.4 Å². The number of benzene rings is 1. The van der Waals surface area contributed by atoms with Gasteiger partial charge >= 0.3 is 0 Å². The highest BCUT2D eigenvalue weighted by Crippen LogP contribution is 2.68. The monoisotopic (exact) mass is 529 g/mol. The predicted octanol–water partition coefficient (Wildman–Crippen LogP) is 2.26. The lowest BCUT2D eigenvalue weighted by Crippen LogP contribution is -2.55. The predicted molar refractivity (Wildman–Crippen MR) is 124 cm³/mol. The maximum Gasteiger partial charge on any atom is 0.248 e. The Balaban J connectivity index is 1.76. The molecule has 0 radical (unpaired) electrons. The van der Waals surface area contributed by atoms with Crippen LogP contribution in [0.2, 0.25) is 5.02 Å². The van der Waals surface area contributed by atoms with Gasteiger partial charge in [-0.2, -0.15) is 0 Å². The fourth-order valence-corrected chi connectivity index (χ4v) is 9.11. The number of hydrogen-bond donors (Lipinski definition) is 3. The first-order chi connectivity index (χ1) is 14.8. The number of thioether (sulfide) groups is 1. The van der Waals surface area contributed by atoms with E-state index in [0.29, 0.717) is 23.6 Å². The van der Waals surface area contributed by atoms with E-state index in [1.54, 1.807) is 48.0 Å². The molecule has 0 aromatic heterocycles. The Labute approximate surface area is 198 Å². The zero-order chi connectivity index (χ0) is 22.5. The van der Waals surface area contributed by atoms with Gasteiger partial charge in [0.05, 0.1) is 29.2 Å². The maximum atomic E-state index is 13.7. The Morgan fingerprint density at radius 1 is 1.35 bits per heavy atom. The molecule has 1 aromatic rings. The molecule has 3 aliphatic rings. The van der Waals surface area contributed by atoms with Gasteiger partial charge < -0.3 is 20.6 Å². The average molecular weight is 531 g/mol. The summed E-state index contributed by atoms with van der Waals surface area (Å²) >= 11 is 11.2. The van der Waals surface area contributed by atoms with Gasteiger partial charge in [0.2, 0.25) is 17.7 Å². The van der Waals surface area contributed by atoms with Crippen LogP contribution in [0.25, 0.3) is 0 Å². The minimum absolute atomic E-state index is 0.0174. The molecule has 3 aliphatic heterocycles. The van der Waals surface area contributed by atoms with Crippen molar-refractivity contribution in [3.05, 3.63) is 29.3 Å². The number of amides is 3. The molecule has 3 saturated heterocycles. The Hall–Kier alpha value is -1.29. The zero-order valence-electron chi connectivity index (χ0n) is 17.2. The fourth-order valence-electron chi connectivity index (χ4n) is 5.38. The second-order valence-corrected chi connectivity index (χ2v) is 11.4. The Morgan fingerprint density at radius 2 is 2.03 bits per heavy atom. The molecule has 7 atom stereocenters. The van der Waals surface area contributed by atoms with Gasteiger partial charge in [-0.3, -0.25) is 14.4 Å². The van der Waals surface area contributed by atoms with Crippen molar-refractivity contribution in [2.75, 3.05) is 19.0 Å². The summed E-state index contributed by atoms with van der Waals surface area (Å²) in [6.07, 6.45) is 1.11. The van der Waals surface area contributed by atoms with Crippen molar-refractivity contribution in [1.29, 1.82) is 0 Å². The molecule has 168 valence electrons. The molecule has 1 aromatic carbocycles. The SMILES string of the molecule is CC[C@@H](CO)N1C(=O)[C@@H]2[C@@H](C(=O)NC)[C@@H]3SC2(CC3Br)C1C(=O)Nc1ccc(Cl)cc1. The smallest absolute Gasteiger partial charge is 0.248 e. The minimum Gasteiger partial charge on any atom is -0.394 e. The lowest BCUT2D eigenvalue weighted by Gasteiger charge is -2.37. The first-order valence-corrected chi connectivity index (χ1v) is 12.5. The number of carbonyl (C=O) groups excluding carboxylic acids is 3. The lowest BCUT2D eigenvalue weighted by atomic mass is 9.70. The van der Waals surface area contributed by atoms with Crippen molar-refractivity contribution in [3.8, 4) is 0 Å². The van der Waals surface area contributed by atoms with E-state index < -0.39 is 28.7 Å². The number of nitrogens with one attached hydrogen (secondary N) is 2. The van der Waals surface area contributed by atoms with Gasteiger partial charge in [-0.25, -0.2) is 0 Å². The van der Waals surface area contributed by atoms with E-state index in [0.717, 1.165) is 0 Å². The third kappa shape index (κ3) is 3.48. The van der Waals surface area contributed by atoms with E-state index in [2.05, 4.69) is 26.6 Å². The van der Waals surface area contributed by atoms with Crippen LogP contribution < -0.4 is 10.6 Å². The van der Waals surface area contributed by atoms with Crippen LogP contribution in [0.4, 0.5) is 5.69 Å². The summed E-state index contributed by atoms with van der Waals surface area (Å²) in [6.45, 7) is 1.63. The molecule has 0 saturated carbocycles. The van der Waals surface area contributed by atoms with Crippen LogP contribution in [0.15, 0.2) is 24.3 Å². The van der Waals surface area contributed by atoms with Crippen molar-refractivity contribution >= 4 is 62.7 Å². The molecule has 2 bridgehead atoms. The summed E-state index contributed by atoms with van der Waals surface area (Å²) in [5.74, 6) is -1.83. The maximum absolute atomic E-state index is 13.7. The number of aliphatic hydroxyl groups excluding tert-OH is 1. The Morgan fingerprint density at radius 3 is 2.61 bits per heavy atom. The molecule has 10 heteroatoms. The number of fused-ring (bicyclic) bond motifs is 1. The number of anilines is 1. The van der Waals surface area contributed by atoms with Gasteiger partial charge in [0.25, 0.3) is 0 Å². The second kappa shape index (κ2) is 8.57. The van der Waals surface area contributed by atoms with Crippen molar-refractivity contribution < 1.29 is 19.5 Å². The van der Waals surface area contributed by atoms with E-state index >= 15 is 0 Å². The number of hydrogen-bond acceptors (Lipinski definition) is 5. The summed E-state index contributed by atoms with van der Waals surface area (Å²) in [5, 5.41) is 16.1. The van der Waals surface area contributed by atoms with E-state index in [9.17, 15) is 19.5 Å². The number of rotatable bonds is 6. The molecule has 3 amide bonds. The number of alkyl halides is 1. The Bertz CT molecular complexity index is 899. The van der Waals surface area contributed by atoms with Crippen molar-refractivity contribution in [1.82, 2.24) is 10.2 Å². The molecule has 31 heavy (non-hydrogen) atoms. The number of likely N-dealkylation sites (tertiary alicyclic amines) is 1. The third-order valence-corrected chi connectivity index (χ3v) is 10.2. The van der Waals surface area contributed by atoms with Gasteiger partial charge in [-0.1, -0.05) is 34.5 Å². The molecule has 1 spiro atoms. The summed E-state index contributed by atoms with van der Waals surface area (Å²) in [6, 6.07) is 5.50. The summed E-state index contributed by atoms with van der Waals surface area (Å²) < 4.78 is -0.730. The van der Waals surface area contributed by atoms with Crippen LogP contribution in [0.5, 0.6) is 0 Å². The van der Waals surface area contributed by atoms with Crippen LogP contribution >= 0.6 is 39.3 Å². The van der Waals surface area contributed by atoms with Gasteiger partial charge in [0.1, 0.15) is 6.04 Å². The summed E-state index contributed by atoms with van der Waals surface area (Å²) in [5.41, 5.74) is 0.578. The largest absolute Gasteiger partial charge is 0.394 e. The van der Waals surface area contributed by atoms with Crippen LogP contribution in [0.3, 0.4) is 0 Å². The van der Waals surface area contributed by atoms with E-state index in [1.807, 2.05) is 6.92 Å². The van der Waals surface area contributed by atoms with E-state index in [4.69, 9.17) is 11.6 Å². The van der Waals surface area contributed by atoms with Gasteiger partial charge in [0.15, 0.2) is 0 Å². The number of nitrogens with zero attached hydrogens (tertiary/aromatic N) is 1. The van der Waals surface area contributed by atoms with Crippen molar-refractivity contribution in [2.45, 2.75) is 46.7 Å². The van der Waals surface area contributed by atoms with Crippen LogP contribution in [0.1, 0.15) is 19.8 Å². The molecular weight excluding hydrogens is 506 g/mol. The fraction of sp³-hybridized carbons (Fsp3) is 0.571. The second-order valence-electron chi connectivity index (χ2n) is 8.26. The standard InChI is InChI=1S/C21H25BrClN3O4S/c1-3-12(9-27)26-17(19(29)25-11-6-4-10(23)5-7-11)21-8-13(22)16(31-21)14(18(28)24-2)15(21)20(26)30/h4-7,12-17,27H,3,8-9H2,1-2H3,(H,24,28)(H,25,29)/t12-,13?,14+,15-,16+,17?,21?/m0/s1. The highest BCUT2D eigenvalue weighted by Gasteiger charge is 2.76. The first kappa shape index (κ1) is 22.9. The summed E-state index contributed by atoms with van der Waals surface area (Å²) in [7, 11) is 1.57. The highest BCUT2D eigenvalue weighted by atomic mass is 79.9. The molecule has 3 N–H and O–H groups in total. The van der Waals surface area contributed by atoms with Crippen molar-refractivity contribution in [2.24, 2.45) is 11.8 Å². The number of aliphatic hydroxyl groups is 1. The third-order valence-electron chi connectivity index (χ3n) is 6.71. The number of carbonyl (C=O) groups is 3. The molecule has 3 fully saturated rings. The first-order valence-electron chi connectivity index (χ1n) is 10.3. The molecule has 4 rings (SSSR count). The lowest BCUT2D eigenvalue weighted by molar-refractivity contribution is -0.142. The van der Waals surface area contributed by atoms with Crippen LogP contribution in [-0.2, 0) is 14.4 Å².